The normalized spacial score (nSPS) is 12.5. The second-order valence-electron chi connectivity index (χ2n) is 2.74. The molecule has 1 atom stereocenters. The fourth-order valence-corrected chi connectivity index (χ4v) is 1.53. The lowest BCUT2D eigenvalue weighted by Gasteiger charge is -2.12. The van der Waals surface area contributed by atoms with Crippen molar-refractivity contribution >= 4 is 21.8 Å². The molecule has 1 N–H and O–H groups in total. The number of carbonyl (C=O) groups is 1. The summed E-state index contributed by atoms with van der Waals surface area (Å²) in [5, 5.41) is 3.64. The van der Waals surface area contributed by atoms with Gasteiger partial charge in [-0.2, -0.15) is 0 Å². The molecule has 13 heavy (non-hydrogen) atoms. The second-order valence-corrected chi connectivity index (χ2v) is 3.39. The van der Waals surface area contributed by atoms with E-state index in [2.05, 4.69) is 21.2 Å². The highest BCUT2D eigenvalue weighted by Gasteiger charge is 2.11. The van der Waals surface area contributed by atoms with Gasteiger partial charge in [-0.1, -0.05) is 22.9 Å². The molecule has 0 aliphatic carbocycles. The van der Waals surface area contributed by atoms with Crippen molar-refractivity contribution in [1.29, 1.82) is 0 Å². The molecule has 1 amide bonds. The Hall–Kier alpha value is -0.770. The first kappa shape index (κ1) is 10.3. The molecular weight excluding hydrogens is 234 g/mol. The van der Waals surface area contributed by atoms with E-state index in [4.69, 9.17) is 4.42 Å². The fourth-order valence-electron chi connectivity index (χ4n) is 0.912. The molecule has 0 fully saturated rings. The number of carbonyl (C=O) groups excluding carboxylic acids is 1. The van der Waals surface area contributed by atoms with Crippen molar-refractivity contribution in [2.45, 2.75) is 19.4 Å². The van der Waals surface area contributed by atoms with Crippen LogP contribution in [0, 0.1) is 0 Å². The van der Waals surface area contributed by atoms with Gasteiger partial charge < -0.3 is 9.73 Å². The van der Waals surface area contributed by atoms with Crippen LogP contribution in [0.1, 0.15) is 23.7 Å². The van der Waals surface area contributed by atoms with Crippen molar-refractivity contribution in [2.75, 3.05) is 5.33 Å². The SMILES string of the molecule is CCC(CBr)NC(=O)c1ccoc1. The van der Waals surface area contributed by atoms with E-state index >= 15 is 0 Å². The predicted octanol–water partition coefficient (Wildman–Crippen LogP) is 2.18. The Morgan fingerprint density at radius 2 is 2.54 bits per heavy atom. The van der Waals surface area contributed by atoms with Crippen LogP contribution in [0.2, 0.25) is 0 Å². The molecule has 3 nitrogen and oxygen atoms in total. The summed E-state index contributed by atoms with van der Waals surface area (Å²) in [4.78, 5) is 11.4. The minimum Gasteiger partial charge on any atom is -0.472 e. The van der Waals surface area contributed by atoms with E-state index in [1.165, 1.54) is 12.5 Å². The monoisotopic (exact) mass is 245 g/mol. The lowest BCUT2D eigenvalue weighted by Crippen LogP contribution is -2.35. The summed E-state index contributed by atoms with van der Waals surface area (Å²) in [6.07, 6.45) is 3.84. The molecule has 0 aliphatic heterocycles. The van der Waals surface area contributed by atoms with Crippen LogP contribution in [-0.4, -0.2) is 17.3 Å². The summed E-state index contributed by atoms with van der Waals surface area (Å²) >= 11 is 3.33. The van der Waals surface area contributed by atoms with Gasteiger partial charge in [0.2, 0.25) is 0 Å². The Kier molecular flexibility index (Phi) is 4.02. The highest BCUT2D eigenvalue weighted by Crippen LogP contribution is 2.02. The fraction of sp³-hybridized carbons (Fsp3) is 0.444. The van der Waals surface area contributed by atoms with Crippen molar-refractivity contribution in [3.8, 4) is 0 Å². The summed E-state index contributed by atoms with van der Waals surface area (Å²) in [5.41, 5.74) is 0.569. The van der Waals surface area contributed by atoms with Crippen LogP contribution in [0.15, 0.2) is 23.0 Å². The van der Waals surface area contributed by atoms with Gasteiger partial charge in [0.1, 0.15) is 6.26 Å². The van der Waals surface area contributed by atoms with E-state index in [-0.39, 0.29) is 11.9 Å². The van der Waals surface area contributed by atoms with Gasteiger partial charge in [0.15, 0.2) is 0 Å². The largest absolute Gasteiger partial charge is 0.472 e. The number of alkyl halides is 1. The molecule has 1 unspecified atom stereocenters. The average molecular weight is 246 g/mol. The van der Waals surface area contributed by atoms with Crippen LogP contribution >= 0.6 is 15.9 Å². The van der Waals surface area contributed by atoms with Crippen molar-refractivity contribution < 1.29 is 9.21 Å². The third-order valence-electron chi connectivity index (χ3n) is 1.80. The molecule has 0 aliphatic rings. The topological polar surface area (TPSA) is 42.2 Å². The lowest BCUT2D eigenvalue weighted by atomic mass is 10.2. The van der Waals surface area contributed by atoms with Gasteiger partial charge in [-0.25, -0.2) is 0 Å². The zero-order valence-electron chi connectivity index (χ0n) is 7.42. The second kappa shape index (κ2) is 5.07. The number of halogens is 1. The standard InChI is InChI=1S/C9H12BrNO2/c1-2-8(5-10)11-9(12)7-3-4-13-6-7/h3-4,6,8H,2,5H2,1H3,(H,11,12). The van der Waals surface area contributed by atoms with Crippen LogP contribution in [0.3, 0.4) is 0 Å². The summed E-state index contributed by atoms with van der Waals surface area (Å²) in [5.74, 6) is -0.0833. The zero-order valence-corrected chi connectivity index (χ0v) is 9.00. The quantitative estimate of drug-likeness (QED) is 0.827. The van der Waals surface area contributed by atoms with E-state index in [1.54, 1.807) is 6.07 Å². The van der Waals surface area contributed by atoms with Gasteiger partial charge in [-0.3, -0.25) is 4.79 Å². The molecule has 1 heterocycles. The highest BCUT2D eigenvalue weighted by atomic mass is 79.9. The number of nitrogens with one attached hydrogen (secondary N) is 1. The first-order chi connectivity index (χ1) is 6.27. The Labute approximate surface area is 85.6 Å². The Balaban J connectivity index is 2.50. The summed E-state index contributed by atoms with van der Waals surface area (Å²) in [6, 6.07) is 1.83. The van der Waals surface area contributed by atoms with E-state index < -0.39 is 0 Å². The predicted molar refractivity (Wildman–Crippen MR) is 54.0 cm³/mol. The smallest absolute Gasteiger partial charge is 0.254 e. The van der Waals surface area contributed by atoms with Crippen LogP contribution in [0.4, 0.5) is 0 Å². The van der Waals surface area contributed by atoms with Crippen LogP contribution in [-0.2, 0) is 0 Å². The van der Waals surface area contributed by atoms with Crippen molar-refractivity contribution in [2.24, 2.45) is 0 Å². The van der Waals surface area contributed by atoms with Crippen molar-refractivity contribution in [3.05, 3.63) is 24.2 Å². The molecule has 0 spiro atoms. The molecule has 1 aromatic rings. The van der Waals surface area contributed by atoms with E-state index in [9.17, 15) is 4.79 Å². The van der Waals surface area contributed by atoms with Gasteiger partial charge in [-0.05, 0) is 12.5 Å². The number of rotatable bonds is 4. The lowest BCUT2D eigenvalue weighted by molar-refractivity contribution is 0.0939. The van der Waals surface area contributed by atoms with Gasteiger partial charge >= 0.3 is 0 Å². The summed E-state index contributed by atoms with van der Waals surface area (Å²) in [6.45, 7) is 2.03. The molecule has 1 rings (SSSR count). The van der Waals surface area contributed by atoms with Gasteiger partial charge in [-0.15, -0.1) is 0 Å². The van der Waals surface area contributed by atoms with Crippen LogP contribution < -0.4 is 5.32 Å². The Morgan fingerprint density at radius 1 is 1.77 bits per heavy atom. The average Bonchev–Trinajstić information content (AvgIpc) is 2.66. The van der Waals surface area contributed by atoms with Gasteiger partial charge in [0.05, 0.1) is 11.8 Å². The van der Waals surface area contributed by atoms with Gasteiger partial charge in [0, 0.05) is 11.4 Å². The van der Waals surface area contributed by atoms with Gasteiger partial charge in [0.25, 0.3) is 5.91 Å². The number of hydrogen-bond donors (Lipinski definition) is 1. The Morgan fingerprint density at radius 3 is 3.00 bits per heavy atom. The van der Waals surface area contributed by atoms with Crippen LogP contribution in [0.5, 0.6) is 0 Å². The van der Waals surface area contributed by atoms with Crippen molar-refractivity contribution in [1.82, 2.24) is 5.32 Å². The minimum atomic E-state index is -0.0833. The third-order valence-corrected chi connectivity index (χ3v) is 2.58. The number of amides is 1. The summed E-state index contributed by atoms with van der Waals surface area (Å²) < 4.78 is 4.81. The minimum absolute atomic E-state index is 0.0833. The molecule has 1 aromatic heterocycles. The number of hydrogen-bond acceptors (Lipinski definition) is 2. The molecule has 0 saturated carbocycles. The molecule has 72 valence electrons. The third kappa shape index (κ3) is 2.88. The highest BCUT2D eigenvalue weighted by molar-refractivity contribution is 9.09. The molecule has 0 saturated heterocycles. The Bertz CT molecular complexity index is 255. The molecular formula is C9H12BrNO2. The molecule has 4 heteroatoms. The van der Waals surface area contributed by atoms with Crippen LogP contribution in [0.25, 0.3) is 0 Å². The first-order valence-electron chi connectivity index (χ1n) is 4.17. The van der Waals surface area contributed by atoms with E-state index in [0.717, 1.165) is 11.8 Å². The maximum atomic E-state index is 11.4. The molecule has 0 radical (unpaired) electrons. The van der Waals surface area contributed by atoms with Crippen molar-refractivity contribution in [3.63, 3.8) is 0 Å². The number of furan rings is 1. The van der Waals surface area contributed by atoms with E-state index in [1.807, 2.05) is 6.92 Å². The summed E-state index contributed by atoms with van der Waals surface area (Å²) in [7, 11) is 0. The maximum absolute atomic E-state index is 11.4. The molecule has 0 aromatic carbocycles. The molecule has 0 bridgehead atoms. The first-order valence-corrected chi connectivity index (χ1v) is 5.29. The van der Waals surface area contributed by atoms with E-state index in [0.29, 0.717) is 5.56 Å². The zero-order chi connectivity index (χ0) is 9.68. The maximum Gasteiger partial charge on any atom is 0.254 e.